The summed E-state index contributed by atoms with van der Waals surface area (Å²) in [5.41, 5.74) is 2.29. The van der Waals surface area contributed by atoms with Crippen LogP contribution in [0.25, 0.3) is 0 Å². The summed E-state index contributed by atoms with van der Waals surface area (Å²) >= 11 is 0. The first-order valence-corrected chi connectivity index (χ1v) is 8.29. The van der Waals surface area contributed by atoms with Gasteiger partial charge in [0.1, 0.15) is 11.8 Å². The lowest BCUT2D eigenvalue weighted by Gasteiger charge is -2.31. The fraction of sp³-hybridized carbons (Fsp3) is 0.412. The van der Waals surface area contributed by atoms with E-state index < -0.39 is 6.04 Å². The number of tetrazole rings is 1. The Balaban J connectivity index is 2.14. The normalized spacial score (nSPS) is 16.2. The van der Waals surface area contributed by atoms with Crippen molar-refractivity contribution in [1.82, 2.24) is 25.1 Å². The highest BCUT2D eigenvalue weighted by molar-refractivity contribution is 5.96. The molecule has 0 aliphatic carbocycles. The predicted octanol–water partition coefficient (Wildman–Crippen LogP) is 1.84. The van der Waals surface area contributed by atoms with Crippen molar-refractivity contribution in [3.8, 4) is 5.75 Å². The SMILES string of the molecule is CCN(CC)C(=O)C1=C(C)Nc2nnnn2[C@H]1c1cccc(OC)c1. The minimum absolute atomic E-state index is 0.0241. The maximum absolute atomic E-state index is 13.2. The molecule has 8 heteroatoms. The molecule has 1 aromatic carbocycles. The third-order valence-corrected chi connectivity index (χ3v) is 4.40. The number of allylic oxidation sites excluding steroid dienone is 1. The van der Waals surface area contributed by atoms with Crippen molar-refractivity contribution in [2.45, 2.75) is 26.8 Å². The molecule has 3 rings (SSSR count). The maximum Gasteiger partial charge on any atom is 0.254 e. The number of amides is 1. The van der Waals surface area contributed by atoms with E-state index in [-0.39, 0.29) is 5.91 Å². The Bertz CT molecular complexity index is 809. The molecule has 2 aromatic rings. The first kappa shape index (κ1) is 16.9. The van der Waals surface area contributed by atoms with E-state index in [4.69, 9.17) is 4.74 Å². The number of rotatable bonds is 5. The molecule has 1 N–H and O–H groups in total. The molecule has 0 unspecified atom stereocenters. The van der Waals surface area contributed by atoms with E-state index in [1.807, 2.05) is 45.0 Å². The minimum atomic E-state index is -0.408. The second-order valence-electron chi connectivity index (χ2n) is 5.77. The van der Waals surface area contributed by atoms with Gasteiger partial charge in [0, 0.05) is 18.8 Å². The molecular formula is C17H22N6O2. The van der Waals surface area contributed by atoms with Crippen LogP contribution in [0.1, 0.15) is 32.4 Å². The number of ether oxygens (including phenoxy) is 1. The molecule has 0 fully saturated rings. The van der Waals surface area contributed by atoms with E-state index in [2.05, 4.69) is 20.8 Å². The van der Waals surface area contributed by atoms with E-state index in [0.29, 0.717) is 24.6 Å². The van der Waals surface area contributed by atoms with E-state index in [9.17, 15) is 4.79 Å². The Morgan fingerprint density at radius 2 is 2.12 bits per heavy atom. The molecule has 25 heavy (non-hydrogen) atoms. The molecule has 1 aliphatic heterocycles. The van der Waals surface area contributed by atoms with Crippen LogP contribution >= 0.6 is 0 Å². The zero-order valence-electron chi connectivity index (χ0n) is 14.9. The van der Waals surface area contributed by atoms with Crippen LogP contribution < -0.4 is 10.1 Å². The molecule has 1 aliphatic rings. The number of benzene rings is 1. The van der Waals surface area contributed by atoms with Gasteiger partial charge in [-0.05, 0) is 48.9 Å². The number of nitrogens with zero attached hydrogens (tertiary/aromatic N) is 5. The number of nitrogens with one attached hydrogen (secondary N) is 1. The van der Waals surface area contributed by atoms with Crippen LogP contribution in [-0.2, 0) is 4.79 Å². The van der Waals surface area contributed by atoms with Crippen molar-refractivity contribution >= 4 is 11.9 Å². The number of aromatic nitrogens is 4. The van der Waals surface area contributed by atoms with Gasteiger partial charge in [0.2, 0.25) is 5.95 Å². The molecular weight excluding hydrogens is 320 g/mol. The van der Waals surface area contributed by atoms with E-state index in [1.165, 1.54) is 0 Å². The largest absolute Gasteiger partial charge is 0.497 e. The fourth-order valence-electron chi connectivity index (χ4n) is 3.09. The first-order chi connectivity index (χ1) is 12.1. The van der Waals surface area contributed by atoms with Gasteiger partial charge in [-0.1, -0.05) is 17.2 Å². The zero-order valence-corrected chi connectivity index (χ0v) is 14.9. The molecule has 8 nitrogen and oxygen atoms in total. The van der Waals surface area contributed by atoms with Crippen molar-refractivity contribution in [3.05, 3.63) is 41.1 Å². The Morgan fingerprint density at radius 1 is 1.36 bits per heavy atom. The lowest BCUT2D eigenvalue weighted by molar-refractivity contribution is -0.127. The molecule has 2 heterocycles. The second-order valence-corrected chi connectivity index (χ2v) is 5.77. The van der Waals surface area contributed by atoms with E-state index in [0.717, 1.165) is 17.0 Å². The van der Waals surface area contributed by atoms with Crippen LogP contribution in [0, 0.1) is 0 Å². The maximum atomic E-state index is 13.2. The standard InChI is InChI=1S/C17H22N6O2/c1-5-22(6-2)16(24)14-11(3)18-17-19-20-21-23(17)15(14)12-8-7-9-13(10-12)25-4/h7-10,15H,5-6H2,1-4H3,(H,18,19,21)/t15-/m0/s1. The number of hydrogen-bond acceptors (Lipinski definition) is 6. The van der Waals surface area contributed by atoms with Crippen molar-refractivity contribution in [2.24, 2.45) is 0 Å². The van der Waals surface area contributed by atoms with Crippen LogP contribution in [-0.4, -0.2) is 51.2 Å². The lowest BCUT2D eigenvalue weighted by Crippen LogP contribution is -2.38. The van der Waals surface area contributed by atoms with Gasteiger partial charge < -0.3 is 15.0 Å². The van der Waals surface area contributed by atoms with E-state index >= 15 is 0 Å². The monoisotopic (exact) mass is 342 g/mol. The molecule has 0 saturated heterocycles. The van der Waals surface area contributed by atoms with Crippen molar-refractivity contribution in [2.75, 3.05) is 25.5 Å². The fourth-order valence-corrected chi connectivity index (χ4v) is 3.09. The Morgan fingerprint density at radius 3 is 2.80 bits per heavy atom. The molecule has 0 spiro atoms. The van der Waals surface area contributed by atoms with Gasteiger partial charge in [0.15, 0.2) is 0 Å². The second kappa shape index (κ2) is 6.92. The van der Waals surface area contributed by atoms with Gasteiger partial charge in [-0.15, -0.1) is 0 Å². The van der Waals surface area contributed by atoms with Crippen LogP contribution in [0.4, 0.5) is 5.95 Å². The number of likely N-dealkylation sites (N-methyl/N-ethyl adjacent to an activating group) is 1. The Kier molecular flexibility index (Phi) is 4.69. The van der Waals surface area contributed by atoms with Crippen LogP contribution in [0.2, 0.25) is 0 Å². The Labute approximate surface area is 146 Å². The smallest absolute Gasteiger partial charge is 0.254 e. The summed E-state index contributed by atoms with van der Waals surface area (Å²) in [4.78, 5) is 15.0. The summed E-state index contributed by atoms with van der Waals surface area (Å²) in [5.74, 6) is 1.21. The van der Waals surface area contributed by atoms with Crippen molar-refractivity contribution in [1.29, 1.82) is 0 Å². The quantitative estimate of drug-likeness (QED) is 0.892. The summed E-state index contributed by atoms with van der Waals surface area (Å²) in [5, 5.41) is 15.0. The number of carbonyl (C=O) groups excluding carboxylic acids is 1. The molecule has 0 radical (unpaired) electrons. The molecule has 1 aromatic heterocycles. The van der Waals surface area contributed by atoms with Crippen LogP contribution in [0.5, 0.6) is 5.75 Å². The van der Waals surface area contributed by atoms with E-state index in [1.54, 1.807) is 16.7 Å². The topological polar surface area (TPSA) is 85.2 Å². The third kappa shape index (κ3) is 2.95. The van der Waals surface area contributed by atoms with Crippen LogP contribution in [0.3, 0.4) is 0 Å². The molecule has 132 valence electrons. The molecule has 0 bridgehead atoms. The third-order valence-electron chi connectivity index (χ3n) is 4.40. The van der Waals surface area contributed by atoms with Gasteiger partial charge in [-0.25, -0.2) is 0 Å². The number of methoxy groups -OCH3 is 1. The van der Waals surface area contributed by atoms with Gasteiger partial charge in [-0.2, -0.15) is 4.68 Å². The predicted molar refractivity (Wildman–Crippen MR) is 93.2 cm³/mol. The first-order valence-electron chi connectivity index (χ1n) is 8.29. The number of fused-ring (bicyclic) bond motifs is 1. The number of hydrogen-bond donors (Lipinski definition) is 1. The summed E-state index contributed by atoms with van der Waals surface area (Å²) in [6.45, 7) is 7.09. The van der Waals surface area contributed by atoms with Gasteiger partial charge in [-0.3, -0.25) is 4.79 Å². The summed E-state index contributed by atoms with van der Waals surface area (Å²) in [6.07, 6.45) is 0. The van der Waals surface area contributed by atoms with Gasteiger partial charge in [0.25, 0.3) is 5.91 Å². The lowest BCUT2D eigenvalue weighted by atomic mass is 9.94. The highest BCUT2D eigenvalue weighted by atomic mass is 16.5. The molecule has 1 atom stereocenters. The average molecular weight is 342 g/mol. The summed E-state index contributed by atoms with van der Waals surface area (Å²) < 4.78 is 6.98. The minimum Gasteiger partial charge on any atom is -0.497 e. The van der Waals surface area contributed by atoms with Gasteiger partial charge >= 0.3 is 0 Å². The highest BCUT2D eigenvalue weighted by Gasteiger charge is 2.35. The van der Waals surface area contributed by atoms with Crippen molar-refractivity contribution in [3.63, 3.8) is 0 Å². The number of carbonyl (C=O) groups is 1. The average Bonchev–Trinajstić information content (AvgIpc) is 3.09. The molecule has 0 saturated carbocycles. The van der Waals surface area contributed by atoms with Crippen molar-refractivity contribution < 1.29 is 9.53 Å². The Hall–Kier alpha value is -2.90. The van der Waals surface area contributed by atoms with Crippen LogP contribution in [0.15, 0.2) is 35.5 Å². The highest BCUT2D eigenvalue weighted by Crippen LogP contribution is 2.36. The summed E-state index contributed by atoms with van der Waals surface area (Å²) in [6, 6.07) is 7.22. The summed E-state index contributed by atoms with van der Waals surface area (Å²) in [7, 11) is 1.62. The number of anilines is 1. The van der Waals surface area contributed by atoms with Gasteiger partial charge in [0.05, 0.1) is 12.7 Å². The zero-order chi connectivity index (χ0) is 18.0. The molecule has 1 amide bonds.